The van der Waals surface area contributed by atoms with Gasteiger partial charge in [0.05, 0.1) is 30.8 Å². The minimum absolute atomic E-state index is 0.0124. The highest BCUT2D eigenvalue weighted by atomic mass is 16.5. The molecule has 0 aliphatic heterocycles. The van der Waals surface area contributed by atoms with Crippen LogP contribution in [0.15, 0.2) is 12.5 Å². The number of aliphatic hydroxyl groups excluding tert-OH is 1. The molecule has 0 fully saturated rings. The van der Waals surface area contributed by atoms with Gasteiger partial charge in [-0.3, -0.25) is 4.79 Å². The summed E-state index contributed by atoms with van der Waals surface area (Å²) in [5.41, 5.74) is 0.0560. The minimum Gasteiger partial charge on any atom is -0.468 e. The van der Waals surface area contributed by atoms with Crippen molar-refractivity contribution < 1.29 is 14.6 Å². The second-order valence-corrected chi connectivity index (χ2v) is 5.04. The fraction of sp³-hybridized carbons (Fsp3) is 0.538. The van der Waals surface area contributed by atoms with Crippen molar-refractivity contribution in [2.45, 2.75) is 32.4 Å². The van der Waals surface area contributed by atoms with Crippen LogP contribution in [0.2, 0.25) is 0 Å². The van der Waals surface area contributed by atoms with Crippen molar-refractivity contribution in [1.82, 2.24) is 19.7 Å². The first-order chi connectivity index (χ1) is 10.0. The largest absolute Gasteiger partial charge is 0.468 e. The monoisotopic (exact) mass is 293 g/mol. The van der Waals surface area contributed by atoms with Gasteiger partial charge in [-0.1, -0.05) is 6.92 Å². The predicted octanol–water partition coefficient (Wildman–Crippen LogP) is 0.572. The number of anilines is 1. The van der Waals surface area contributed by atoms with Gasteiger partial charge in [0.2, 0.25) is 0 Å². The lowest BCUT2D eigenvalue weighted by Gasteiger charge is -2.27. The number of carbonyl (C=O) groups is 1. The van der Waals surface area contributed by atoms with Gasteiger partial charge in [0.1, 0.15) is 18.7 Å². The molecule has 2 rings (SSSR count). The average Bonchev–Trinajstić information content (AvgIpc) is 2.91. The van der Waals surface area contributed by atoms with E-state index in [1.54, 1.807) is 6.20 Å². The molecule has 114 valence electrons. The third kappa shape index (κ3) is 3.10. The summed E-state index contributed by atoms with van der Waals surface area (Å²) in [5, 5.41) is 17.5. The van der Waals surface area contributed by atoms with Gasteiger partial charge in [-0.25, -0.2) is 14.6 Å². The molecule has 0 amide bonds. The number of rotatable bonds is 6. The summed E-state index contributed by atoms with van der Waals surface area (Å²) in [6.07, 6.45) is 3.72. The van der Waals surface area contributed by atoms with E-state index in [2.05, 4.69) is 25.1 Å². The Hall–Kier alpha value is -2.22. The van der Waals surface area contributed by atoms with E-state index in [0.29, 0.717) is 16.9 Å². The summed E-state index contributed by atoms with van der Waals surface area (Å²) in [6.45, 7) is 3.84. The van der Waals surface area contributed by atoms with Crippen molar-refractivity contribution in [1.29, 1.82) is 0 Å². The molecule has 0 radical (unpaired) electrons. The molecule has 0 spiro atoms. The standard InChI is InChI=1S/C13H19N5O3/c1-4-13(2,7-19)17-11-9-5-16-18(6-10(20)21-3)12(9)15-8-14-11/h5,8,19H,4,6-7H2,1-3H3,(H,14,15,17)/t13-/m1/s1. The Morgan fingerprint density at radius 1 is 1.52 bits per heavy atom. The van der Waals surface area contributed by atoms with E-state index in [1.165, 1.54) is 18.1 Å². The molecular weight excluding hydrogens is 274 g/mol. The van der Waals surface area contributed by atoms with E-state index in [4.69, 9.17) is 0 Å². The van der Waals surface area contributed by atoms with Gasteiger partial charge in [0, 0.05) is 0 Å². The quantitative estimate of drug-likeness (QED) is 0.751. The Labute approximate surface area is 122 Å². The molecule has 1 atom stereocenters. The Bertz CT molecular complexity index is 636. The molecule has 2 aromatic heterocycles. The lowest BCUT2D eigenvalue weighted by molar-refractivity contribution is -0.141. The SMILES string of the molecule is CC[C@](C)(CO)Nc1ncnc2c1cnn2CC(=O)OC. The number of methoxy groups -OCH3 is 1. The van der Waals surface area contributed by atoms with Crippen molar-refractivity contribution in [2.75, 3.05) is 19.0 Å². The molecule has 8 heteroatoms. The van der Waals surface area contributed by atoms with Crippen molar-refractivity contribution >= 4 is 22.8 Å². The molecule has 0 unspecified atom stereocenters. The summed E-state index contributed by atoms with van der Waals surface area (Å²) in [6, 6.07) is 0. The van der Waals surface area contributed by atoms with E-state index in [1.807, 2.05) is 13.8 Å². The van der Waals surface area contributed by atoms with Crippen LogP contribution < -0.4 is 5.32 Å². The summed E-state index contributed by atoms with van der Waals surface area (Å²) in [4.78, 5) is 19.7. The van der Waals surface area contributed by atoms with Gasteiger partial charge in [0.15, 0.2) is 5.65 Å². The summed E-state index contributed by atoms with van der Waals surface area (Å²) in [5.74, 6) is 0.177. The molecule has 2 heterocycles. The zero-order valence-corrected chi connectivity index (χ0v) is 12.3. The van der Waals surface area contributed by atoms with Crippen LogP contribution in [0, 0.1) is 0 Å². The Balaban J connectivity index is 2.37. The summed E-state index contributed by atoms with van der Waals surface area (Å²) >= 11 is 0. The topological polar surface area (TPSA) is 102 Å². The minimum atomic E-state index is -0.480. The first kappa shape index (κ1) is 15.2. The van der Waals surface area contributed by atoms with E-state index in [-0.39, 0.29) is 13.2 Å². The van der Waals surface area contributed by atoms with Crippen molar-refractivity contribution in [3.8, 4) is 0 Å². The maximum Gasteiger partial charge on any atom is 0.327 e. The predicted molar refractivity (Wildman–Crippen MR) is 76.7 cm³/mol. The van der Waals surface area contributed by atoms with Crippen LogP contribution >= 0.6 is 0 Å². The Morgan fingerprint density at radius 2 is 2.29 bits per heavy atom. The highest BCUT2D eigenvalue weighted by molar-refractivity contribution is 5.87. The van der Waals surface area contributed by atoms with Crippen LogP contribution in [-0.2, 0) is 16.1 Å². The first-order valence-electron chi connectivity index (χ1n) is 6.65. The van der Waals surface area contributed by atoms with Gasteiger partial charge in [0.25, 0.3) is 0 Å². The third-order valence-electron chi connectivity index (χ3n) is 3.49. The normalized spacial score (nSPS) is 13.9. The van der Waals surface area contributed by atoms with E-state index < -0.39 is 11.5 Å². The fourth-order valence-corrected chi connectivity index (χ4v) is 1.82. The highest BCUT2D eigenvalue weighted by Crippen LogP contribution is 2.23. The zero-order valence-electron chi connectivity index (χ0n) is 12.3. The number of nitrogens with one attached hydrogen (secondary N) is 1. The number of hydrogen-bond acceptors (Lipinski definition) is 7. The third-order valence-corrected chi connectivity index (χ3v) is 3.49. The average molecular weight is 293 g/mol. The lowest BCUT2D eigenvalue weighted by atomic mass is 10.0. The summed E-state index contributed by atoms with van der Waals surface area (Å²) < 4.78 is 6.08. The maximum atomic E-state index is 11.4. The van der Waals surface area contributed by atoms with Gasteiger partial charge in [-0.2, -0.15) is 5.10 Å². The van der Waals surface area contributed by atoms with E-state index >= 15 is 0 Å². The number of aliphatic hydroxyl groups is 1. The van der Waals surface area contributed by atoms with E-state index in [0.717, 1.165) is 6.42 Å². The smallest absolute Gasteiger partial charge is 0.327 e. The fourth-order valence-electron chi connectivity index (χ4n) is 1.82. The molecule has 0 aliphatic carbocycles. The van der Waals surface area contributed by atoms with Crippen molar-refractivity contribution in [2.24, 2.45) is 0 Å². The van der Waals surface area contributed by atoms with Crippen LogP contribution in [0.1, 0.15) is 20.3 Å². The molecular formula is C13H19N5O3. The van der Waals surface area contributed by atoms with Gasteiger partial charge >= 0.3 is 5.97 Å². The van der Waals surface area contributed by atoms with Crippen molar-refractivity contribution in [3.05, 3.63) is 12.5 Å². The maximum absolute atomic E-state index is 11.4. The number of nitrogens with zero attached hydrogens (tertiary/aromatic N) is 4. The molecule has 0 bridgehead atoms. The van der Waals surface area contributed by atoms with Crippen LogP contribution in [0.3, 0.4) is 0 Å². The van der Waals surface area contributed by atoms with Gasteiger partial charge in [-0.05, 0) is 13.3 Å². The zero-order chi connectivity index (χ0) is 15.5. The molecule has 8 nitrogen and oxygen atoms in total. The number of carbonyl (C=O) groups excluding carboxylic acids is 1. The highest BCUT2D eigenvalue weighted by Gasteiger charge is 2.23. The number of ether oxygens (including phenoxy) is 1. The number of hydrogen-bond donors (Lipinski definition) is 2. The second-order valence-electron chi connectivity index (χ2n) is 5.04. The molecule has 0 aromatic carbocycles. The van der Waals surface area contributed by atoms with Crippen LogP contribution in [-0.4, -0.2) is 50.1 Å². The Kier molecular flexibility index (Phi) is 4.37. The molecule has 0 saturated carbocycles. The number of esters is 1. The second kappa shape index (κ2) is 6.04. The Morgan fingerprint density at radius 3 is 2.90 bits per heavy atom. The van der Waals surface area contributed by atoms with Crippen molar-refractivity contribution in [3.63, 3.8) is 0 Å². The van der Waals surface area contributed by atoms with Gasteiger partial charge < -0.3 is 15.2 Å². The lowest BCUT2D eigenvalue weighted by Crippen LogP contribution is -2.38. The van der Waals surface area contributed by atoms with Crippen LogP contribution in [0.5, 0.6) is 0 Å². The van der Waals surface area contributed by atoms with Gasteiger partial charge in [-0.15, -0.1) is 0 Å². The number of aromatic nitrogens is 4. The molecule has 21 heavy (non-hydrogen) atoms. The molecule has 0 aliphatic rings. The summed E-state index contributed by atoms with van der Waals surface area (Å²) in [7, 11) is 1.32. The molecule has 0 saturated heterocycles. The molecule has 2 aromatic rings. The number of fused-ring (bicyclic) bond motifs is 1. The van der Waals surface area contributed by atoms with E-state index in [9.17, 15) is 9.90 Å². The molecule has 2 N–H and O–H groups in total. The van der Waals surface area contributed by atoms with Crippen LogP contribution in [0.4, 0.5) is 5.82 Å². The van der Waals surface area contributed by atoms with Crippen LogP contribution in [0.25, 0.3) is 11.0 Å². The first-order valence-corrected chi connectivity index (χ1v) is 6.65.